The van der Waals surface area contributed by atoms with Gasteiger partial charge in [-0.15, -0.1) is 0 Å². The van der Waals surface area contributed by atoms with Crippen LogP contribution in [0.5, 0.6) is 0 Å². The van der Waals surface area contributed by atoms with Gasteiger partial charge >= 0.3 is 6.18 Å². The van der Waals surface area contributed by atoms with Crippen molar-refractivity contribution in [2.45, 2.75) is 44.8 Å². The highest BCUT2D eigenvalue weighted by Crippen LogP contribution is 2.27. The average Bonchev–Trinajstić information content (AvgIpc) is 2.77. The second-order valence-electron chi connectivity index (χ2n) is 5.20. The lowest BCUT2D eigenvalue weighted by atomic mass is 10.1. The van der Waals surface area contributed by atoms with Gasteiger partial charge < -0.3 is 15.4 Å². The highest BCUT2D eigenvalue weighted by atomic mass is 19.4. The Balaban J connectivity index is 2.54. The maximum Gasteiger partial charge on any atom is 0.406 e. The number of carbonyl (C=O) groups excluding carboxylic acids is 1. The number of halogens is 3. The summed E-state index contributed by atoms with van der Waals surface area (Å²) in [6.07, 6.45) is -2.19. The van der Waals surface area contributed by atoms with E-state index in [-0.39, 0.29) is 18.5 Å². The highest BCUT2D eigenvalue weighted by molar-refractivity contribution is 5.79. The van der Waals surface area contributed by atoms with Gasteiger partial charge in [-0.1, -0.05) is 0 Å². The molecule has 0 spiro atoms. The second-order valence-corrected chi connectivity index (χ2v) is 5.20. The van der Waals surface area contributed by atoms with E-state index in [0.717, 1.165) is 4.90 Å². The van der Waals surface area contributed by atoms with Gasteiger partial charge in [0.25, 0.3) is 0 Å². The molecule has 1 fully saturated rings. The molecular weight excluding hydrogens is 273 g/mol. The maximum atomic E-state index is 12.6. The lowest BCUT2D eigenvalue weighted by Gasteiger charge is -2.26. The van der Waals surface area contributed by atoms with Crippen molar-refractivity contribution in [2.75, 3.05) is 26.3 Å². The largest absolute Gasteiger partial charge is 0.406 e. The molecule has 20 heavy (non-hydrogen) atoms. The number of alkyl halides is 3. The van der Waals surface area contributed by atoms with E-state index in [4.69, 9.17) is 10.5 Å². The molecule has 1 saturated carbocycles. The number of nitrogens with two attached hydrogens (primary N) is 1. The van der Waals surface area contributed by atoms with Gasteiger partial charge in [-0.2, -0.15) is 13.2 Å². The molecule has 1 aliphatic carbocycles. The van der Waals surface area contributed by atoms with Gasteiger partial charge in [0.15, 0.2) is 0 Å². The molecule has 118 valence electrons. The Morgan fingerprint density at radius 3 is 2.60 bits per heavy atom. The number of amides is 1. The molecule has 0 aromatic rings. The van der Waals surface area contributed by atoms with Crippen LogP contribution in [0, 0.1) is 5.92 Å². The third-order valence-electron chi connectivity index (χ3n) is 3.43. The van der Waals surface area contributed by atoms with Crippen molar-refractivity contribution in [3.63, 3.8) is 0 Å². The SMILES string of the molecule is CCOCCCN(CC(F)(F)F)C(=O)C1CCC(N)C1. The predicted octanol–water partition coefficient (Wildman–Crippen LogP) is 1.93. The van der Waals surface area contributed by atoms with E-state index in [1.54, 1.807) is 0 Å². The van der Waals surface area contributed by atoms with Crippen molar-refractivity contribution in [1.29, 1.82) is 0 Å². The number of ether oxygens (including phenoxy) is 1. The van der Waals surface area contributed by atoms with Crippen molar-refractivity contribution in [2.24, 2.45) is 11.7 Å². The third-order valence-corrected chi connectivity index (χ3v) is 3.43. The zero-order valence-corrected chi connectivity index (χ0v) is 11.8. The summed E-state index contributed by atoms with van der Waals surface area (Å²) in [6.45, 7) is 1.58. The van der Waals surface area contributed by atoms with E-state index in [0.29, 0.717) is 38.9 Å². The number of carbonyl (C=O) groups is 1. The molecule has 0 bridgehead atoms. The molecule has 1 rings (SSSR count). The van der Waals surface area contributed by atoms with Crippen molar-refractivity contribution < 1.29 is 22.7 Å². The van der Waals surface area contributed by atoms with Gasteiger partial charge in [0.05, 0.1) is 0 Å². The van der Waals surface area contributed by atoms with Crippen LogP contribution < -0.4 is 5.73 Å². The molecule has 0 heterocycles. The van der Waals surface area contributed by atoms with Crippen LogP contribution in [0.15, 0.2) is 0 Å². The molecule has 2 N–H and O–H groups in total. The van der Waals surface area contributed by atoms with Crippen molar-refractivity contribution >= 4 is 5.91 Å². The third kappa shape index (κ3) is 6.09. The summed E-state index contributed by atoms with van der Waals surface area (Å²) >= 11 is 0. The Labute approximate surface area is 117 Å². The van der Waals surface area contributed by atoms with E-state index in [1.807, 2.05) is 6.92 Å². The minimum Gasteiger partial charge on any atom is -0.382 e. The molecule has 2 atom stereocenters. The van der Waals surface area contributed by atoms with Crippen molar-refractivity contribution in [3.8, 4) is 0 Å². The molecule has 0 aromatic carbocycles. The van der Waals surface area contributed by atoms with E-state index in [2.05, 4.69) is 0 Å². The quantitative estimate of drug-likeness (QED) is 0.730. The monoisotopic (exact) mass is 296 g/mol. The van der Waals surface area contributed by atoms with Crippen LogP contribution in [-0.4, -0.2) is 49.3 Å². The summed E-state index contributed by atoms with van der Waals surface area (Å²) in [6, 6.07) is -0.0693. The van der Waals surface area contributed by atoms with Crippen LogP contribution in [0.1, 0.15) is 32.6 Å². The molecule has 4 nitrogen and oxygen atoms in total. The Morgan fingerprint density at radius 1 is 1.40 bits per heavy atom. The predicted molar refractivity (Wildman–Crippen MR) is 69.1 cm³/mol. The summed E-state index contributed by atoms with van der Waals surface area (Å²) in [5.74, 6) is -0.786. The minimum absolute atomic E-state index is 0.0693. The summed E-state index contributed by atoms with van der Waals surface area (Å²) in [5, 5.41) is 0. The fourth-order valence-electron chi connectivity index (χ4n) is 2.48. The van der Waals surface area contributed by atoms with Crippen LogP contribution in [0.2, 0.25) is 0 Å². The molecule has 0 radical (unpaired) electrons. The Hall–Kier alpha value is -0.820. The maximum absolute atomic E-state index is 12.6. The topological polar surface area (TPSA) is 55.6 Å². The van der Waals surface area contributed by atoms with Crippen molar-refractivity contribution in [3.05, 3.63) is 0 Å². The molecule has 0 saturated heterocycles. The van der Waals surface area contributed by atoms with Gasteiger partial charge in [0.2, 0.25) is 5.91 Å². The lowest BCUT2D eigenvalue weighted by Crippen LogP contribution is -2.42. The van der Waals surface area contributed by atoms with Crippen LogP contribution >= 0.6 is 0 Å². The summed E-state index contributed by atoms with van der Waals surface area (Å²) in [7, 11) is 0. The smallest absolute Gasteiger partial charge is 0.382 e. The molecule has 7 heteroatoms. The first kappa shape index (κ1) is 17.2. The summed E-state index contributed by atoms with van der Waals surface area (Å²) in [4.78, 5) is 13.1. The van der Waals surface area contributed by atoms with Crippen molar-refractivity contribution in [1.82, 2.24) is 4.90 Å². The standard InChI is InChI=1S/C13H23F3N2O2/c1-2-20-7-3-6-18(9-13(14,15)16)12(19)10-4-5-11(17)8-10/h10-11H,2-9,17H2,1H3. The second kappa shape index (κ2) is 7.83. The number of hydrogen-bond acceptors (Lipinski definition) is 3. The number of hydrogen-bond donors (Lipinski definition) is 1. The average molecular weight is 296 g/mol. The van der Waals surface area contributed by atoms with Gasteiger partial charge in [-0.3, -0.25) is 4.79 Å². The van der Waals surface area contributed by atoms with Crippen LogP contribution in [0.4, 0.5) is 13.2 Å². The van der Waals surface area contributed by atoms with Gasteiger partial charge in [0.1, 0.15) is 6.54 Å². The van der Waals surface area contributed by atoms with Gasteiger partial charge in [0, 0.05) is 31.7 Å². The number of rotatable bonds is 7. The van der Waals surface area contributed by atoms with Crippen LogP contribution in [-0.2, 0) is 9.53 Å². The minimum atomic E-state index is -4.37. The van der Waals surface area contributed by atoms with Gasteiger partial charge in [-0.25, -0.2) is 0 Å². The first-order valence-electron chi connectivity index (χ1n) is 7.02. The Bertz CT molecular complexity index is 310. The molecule has 0 aliphatic heterocycles. The molecule has 1 aliphatic rings. The Kier molecular flexibility index (Phi) is 6.75. The van der Waals surface area contributed by atoms with Crippen LogP contribution in [0.3, 0.4) is 0 Å². The van der Waals surface area contributed by atoms with E-state index >= 15 is 0 Å². The molecule has 1 amide bonds. The van der Waals surface area contributed by atoms with Gasteiger partial charge in [-0.05, 0) is 32.6 Å². The van der Waals surface area contributed by atoms with E-state index < -0.39 is 18.6 Å². The van der Waals surface area contributed by atoms with Crippen LogP contribution in [0.25, 0.3) is 0 Å². The fourth-order valence-corrected chi connectivity index (χ4v) is 2.48. The fraction of sp³-hybridized carbons (Fsp3) is 0.923. The normalized spacial score (nSPS) is 23.1. The molecule has 2 unspecified atom stereocenters. The summed E-state index contributed by atoms with van der Waals surface area (Å²) in [5.41, 5.74) is 5.72. The molecular formula is C13H23F3N2O2. The molecule has 0 aromatic heterocycles. The highest BCUT2D eigenvalue weighted by Gasteiger charge is 2.37. The Morgan fingerprint density at radius 2 is 2.10 bits per heavy atom. The zero-order chi connectivity index (χ0) is 15.2. The first-order chi connectivity index (χ1) is 9.33. The first-order valence-corrected chi connectivity index (χ1v) is 7.02. The van der Waals surface area contributed by atoms with E-state index in [9.17, 15) is 18.0 Å². The van der Waals surface area contributed by atoms with E-state index in [1.165, 1.54) is 0 Å². The lowest BCUT2D eigenvalue weighted by molar-refractivity contribution is -0.164. The number of nitrogens with zero attached hydrogens (tertiary/aromatic N) is 1. The zero-order valence-electron chi connectivity index (χ0n) is 11.8. The summed E-state index contributed by atoms with van der Waals surface area (Å²) < 4.78 is 42.8.